The quantitative estimate of drug-likeness (QED) is 0.750. The number of alkyl halides is 3. The van der Waals surface area contributed by atoms with Crippen LogP contribution in [0.4, 0.5) is 19.0 Å². The van der Waals surface area contributed by atoms with E-state index in [-0.39, 0.29) is 5.82 Å². The van der Waals surface area contributed by atoms with Crippen molar-refractivity contribution in [2.24, 2.45) is 5.92 Å². The van der Waals surface area contributed by atoms with E-state index in [0.717, 1.165) is 19.3 Å². The van der Waals surface area contributed by atoms with Crippen molar-refractivity contribution in [3.05, 3.63) is 18.1 Å². The number of likely N-dealkylation sites (tertiary alicyclic amines) is 1. The topological polar surface area (TPSA) is 95.5 Å². The molecule has 2 rings (SSSR count). The van der Waals surface area contributed by atoms with Gasteiger partial charge in [0.05, 0.1) is 24.6 Å². The fourth-order valence-electron chi connectivity index (χ4n) is 2.18. The Morgan fingerprint density at radius 2 is 1.96 bits per heavy atom. The van der Waals surface area contributed by atoms with Crippen LogP contribution in [0, 0.1) is 5.92 Å². The van der Waals surface area contributed by atoms with Crippen LogP contribution in [0.2, 0.25) is 0 Å². The Morgan fingerprint density at radius 1 is 1.30 bits per heavy atom. The van der Waals surface area contributed by atoms with Gasteiger partial charge in [-0.25, -0.2) is 4.98 Å². The molecule has 9 heteroatoms. The van der Waals surface area contributed by atoms with Crippen LogP contribution in [-0.2, 0) is 6.18 Å². The van der Waals surface area contributed by atoms with Gasteiger partial charge in [0.15, 0.2) is 5.69 Å². The fraction of sp³-hybridized carbons (Fsp3) is 0.714. The Kier molecular flexibility index (Phi) is 7.17. The van der Waals surface area contributed by atoms with Crippen molar-refractivity contribution in [1.82, 2.24) is 14.9 Å². The number of nitrogens with two attached hydrogens (primary N) is 1. The van der Waals surface area contributed by atoms with Crippen LogP contribution in [0.25, 0.3) is 0 Å². The average molecular weight is 336 g/mol. The van der Waals surface area contributed by atoms with Crippen molar-refractivity contribution < 1.29 is 23.4 Å². The number of aliphatic hydroxyl groups excluding tert-OH is 2. The smallest absolute Gasteiger partial charge is 0.390 e. The van der Waals surface area contributed by atoms with Crippen LogP contribution in [0.5, 0.6) is 0 Å². The van der Waals surface area contributed by atoms with Gasteiger partial charge in [0.2, 0.25) is 0 Å². The van der Waals surface area contributed by atoms with Crippen LogP contribution in [0.1, 0.15) is 26.0 Å². The van der Waals surface area contributed by atoms with Crippen LogP contribution < -0.4 is 5.73 Å². The van der Waals surface area contributed by atoms with Gasteiger partial charge in [0.1, 0.15) is 5.82 Å². The largest absolute Gasteiger partial charge is 0.434 e. The lowest BCUT2D eigenvalue weighted by Gasteiger charge is -2.34. The van der Waals surface area contributed by atoms with Gasteiger partial charge in [0.25, 0.3) is 0 Å². The predicted octanol–water partition coefficient (Wildman–Crippen LogP) is 1.15. The molecule has 0 bridgehead atoms. The first-order valence-corrected chi connectivity index (χ1v) is 7.32. The summed E-state index contributed by atoms with van der Waals surface area (Å²) in [5.41, 5.74) is 3.91. The molecule has 6 nitrogen and oxygen atoms in total. The molecule has 0 amide bonds. The van der Waals surface area contributed by atoms with Gasteiger partial charge >= 0.3 is 6.18 Å². The van der Waals surface area contributed by atoms with E-state index in [1.165, 1.54) is 0 Å². The first-order chi connectivity index (χ1) is 10.6. The fourth-order valence-corrected chi connectivity index (χ4v) is 2.18. The molecule has 1 aliphatic heterocycles. The Hall–Kier alpha value is -1.45. The standard InChI is InChI=1S/C9H19NO2.C5H4F3N3/c1-7(2)5-10-4-3-8(11)9(12)6-10;6-5(7,8)3-1-10-2-4(9)11-3/h7-9,11-12H,3-6H2,1-2H3;1-2H,(H2,9,11). The zero-order chi connectivity index (χ0) is 17.6. The van der Waals surface area contributed by atoms with Gasteiger partial charge in [0, 0.05) is 19.6 Å². The average Bonchev–Trinajstić information content (AvgIpc) is 2.42. The molecule has 132 valence electrons. The second-order valence-corrected chi connectivity index (χ2v) is 5.90. The third-order valence-electron chi connectivity index (χ3n) is 3.20. The first-order valence-electron chi connectivity index (χ1n) is 7.32. The molecule has 23 heavy (non-hydrogen) atoms. The molecule has 0 aromatic carbocycles. The van der Waals surface area contributed by atoms with Crippen LogP contribution in [0.15, 0.2) is 12.4 Å². The number of nitrogen functional groups attached to an aromatic ring is 1. The molecule has 2 heterocycles. The second-order valence-electron chi connectivity index (χ2n) is 5.90. The Labute approximate surface area is 133 Å². The molecule has 1 aromatic rings. The molecule has 0 radical (unpaired) electrons. The summed E-state index contributed by atoms with van der Waals surface area (Å²) in [6.07, 6.45) is -3.15. The highest BCUT2D eigenvalue weighted by molar-refractivity contribution is 5.24. The monoisotopic (exact) mass is 336 g/mol. The lowest BCUT2D eigenvalue weighted by Crippen LogP contribution is -2.47. The van der Waals surface area contributed by atoms with E-state index < -0.39 is 24.1 Å². The van der Waals surface area contributed by atoms with Crippen molar-refractivity contribution in [2.75, 3.05) is 25.4 Å². The molecular formula is C14H23F3N4O2. The summed E-state index contributed by atoms with van der Waals surface area (Å²) in [5, 5.41) is 18.6. The highest BCUT2D eigenvalue weighted by Gasteiger charge is 2.32. The third kappa shape index (κ3) is 7.10. The molecule has 2 unspecified atom stereocenters. The van der Waals surface area contributed by atoms with Gasteiger partial charge < -0.3 is 20.8 Å². The second kappa shape index (κ2) is 8.42. The molecule has 4 N–H and O–H groups in total. The molecule has 1 saturated heterocycles. The lowest BCUT2D eigenvalue weighted by atomic mass is 10.0. The summed E-state index contributed by atoms with van der Waals surface area (Å²) in [6, 6.07) is 0. The van der Waals surface area contributed by atoms with Gasteiger partial charge in [-0.3, -0.25) is 4.98 Å². The minimum absolute atomic E-state index is 0.236. The summed E-state index contributed by atoms with van der Waals surface area (Å²) < 4.78 is 35.4. The molecule has 1 aromatic heterocycles. The predicted molar refractivity (Wildman–Crippen MR) is 79.4 cm³/mol. The Balaban J connectivity index is 0.000000231. The maximum atomic E-state index is 11.8. The molecular weight excluding hydrogens is 313 g/mol. The minimum atomic E-state index is -4.47. The number of anilines is 1. The number of halogens is 3. The first kappa shape index (κ1) is 19.6. The van der Waals surface area contributed by atoms with E-state index in [1.54, 1.807) is 0 Å². The number of rotatable bonds is 2. The molecule has 1 fully saturated rings. The molecule has 0 saturated carbocycles. The lowest BCUT2D eigenvalue weighted by molar-refractivity contribution is -0.141. The normalized spacial score (nSPS) is 22.6. The Morgan fingerprint density at radius 3 is 2.39 bits per heavy atom. The summed E-state index contributed by atoms with van der Waals surface area (Å²) >= 11 is 0. The van der Waals surface area contributed by atoms with Crippen molar-refractivity contribution >= 4 is 5.82 Å². The number of hydrogen-bond acceptors (Lipinski definition) is 6. The zero-order valence-corrected chi connectivity index (χ0v) is 13.2. The van der Waals surface area contributed by atoms with E-state index in [4.69, 9.17) is 5.73 Å². The summed E-state index contributed by atoms with van der Waals surface area (Å²) in [7, 11) is 0. The van der Waals surface area contributed by atoms with E-state index in [9.17, 15) is 23.4 Å². The number of aromatic nitrogens is 2. The van der Waals surface area contributed by atoms with Crippen molar-refractivity contribution in [2.45, 2.75) is 38.7 Å². The van der Waals surface area contributed by atoms with Crippen molar-refractivity contribution in [3.63, 3.8) is 0 Å². The van der Waals surface area contributed by atoms with Crippen LogP contribution in [0.3, 0.4) is 0 Å². The maximum Gasteiger partial charge on any atom is 0.434 e. The number of piperidine rings is 1. The summed E-state index contributed by atoms with van der Waals surface area (Å²) in [4.78, 5) is 8.49. The number of β-amino-alcohol motifs (C(OH)–C–C–N with tert-alkyl or cyclic N) is 1. The van der Waals surface area contributed by atoms with E-state index in [0.29, 0.717) is 25.1 Å². The van der Waals surface area contributed by atoms with Gasteiger partial charge in [-0.2, -0.15) is 13.2 Å². The van der Waals surface area contributed by atoms with Gasteiger partial charge in [-0.05, 0) is 12.3 Å². The van der Waals surface area contributed by atoms with E-state index in [1.807, 2.05) is 0 Å². The third-order valence-corrected chi connectivity index (χ3v) is 3.20. The highest BCUT2D eigenvalue weighted by atomic mass is 19.4. The summed E-state index contributed by atoms with van der Waals surface area (Å²) in [5.74, 6) is 0.396. The minimum Gasteiger partial charge on any atom is -0.390 e. The molecule has 0 spiro atoms. The van der Waals surface area contributed by atoms with Crippen LogP contribution in [-0.4, -0.2) is 56.9 Å². The number of hydrogen-bond donors (Lipinski definition) is 3. The zero-order valence-electron chi connectivity index (χ0n) is 13.2. The summed E-state index contributed by atoms with van der Waals surface area (Å²) in [6.45, 7) is 6.88. The van der Waals surface area contributed by atoms with Crippen molar-refractivity contribution in [3.8, 4) is 0 Å². The maximum absolute atomic E-state index is 11.8. The van der Waals surface area contributed by atoms with Gasteiger partial charge in [-0.15, -0.1) is 0 Å². The SMILES string of the molecule is CC(C)CN1CCC(O)C(O)C1.Nc1cncc(C(F)(F)F)n1. The number of aliphatic hydroxyl groups is 2. The number of nitrogens with zero attached hydrogens (tertiary/aromatic N) is 3. The van der Waals surface area contributed by atoms with Crippen molar-refractivity contribution in [1.29, 1.82) is 0 Å². The molecule has 2 atom stereocenters. The van der Waals surface area contributed by atoms with E-state index in [2.05, 4.69) is 28.7 Å². The van der Waals surface area contributed by atoms with Crippen LogP contribution >= 0.6 is 0 Å². The highest BCUT2D eigenvalue weighted by Crippen LogP contribution is 2.26. The molecule has 1 aliphatic rings. The van der Waals surface area contributed by atoms with Gasteiger partial charge in [-0.1, -0.05) is 13.8 Å². The van der Waals surface area contributed by atoms with E-state index >= 15 is 0 Å². The Bertz CT molecular complexity index is 485. The molecule has 0 aliphatic carbocycles.